The van der Waals surface area contributed by atoms with Gasteiger partial charge in [-0.2, -0.15) is 0 Å². The van der Waals surface area contributed by atoms with Gasteiger partial charge in [0.15, 0.2) is 0 Å². The molecule has 0 aromatic heterocycles. The van der Waals surface area contributed by atoms with Crippen molar-refractivity contribution in [2.24, 2.45) is 0 Å². The van der Waals surface area contributed by atoms with Crippen LogP contribution in [0.15, 0.2) is 59.5 Å². The Morgan fingerprint density at radius 1 is 1.00 bits per heavy atom. The van der Waals surface area contributed by atoms with Crippen LogP contribution < -0.4 is 15.0 Å². The molecule has 6 nitrogen and oxygen atoms in total. The van der Waals surface area contributed by atoms with Gasteiger partial charge in [0, 0.05) is 0 Å². The zero-order valence-electron chi connectivity index (χ0n) is 11.2. The molecule has 0 radical (unpaired) electrons. The molecular formula is C14H14N2O4S. The topological polar surface area (TPSA) is 84.5 Å². The molecule has 21 heavy (non-hydrogen) atoms. The number of amides is 1. The van der Waals surface area contributed by atoms with Crippen LogP contribution in [0.4, 0.5) is 0 Å². The van der Waals surface area contributed by atoms with Crippen molar-refractivity contribution in [2.75, 3.05) is 7.11 Å². The van der Waals surface area contributed by atoms with Crippen LogP contribution in [-0.2, 0) is 10.0 Å². The molecule has 0 aliphatic carbocycles. The van der Waals surface area contributed by atoms with Gasteiger partial charge in [-0.1, -0.05) is 30.3 Å². The summed E-state index contributed by atoms with van der Waals surface area (Å²) in [5.41, 5.74) is 2.39. The lowest BCUT2D eigenvalue weighted by atomic mass is 10.2. The summed E-state index contributed by atoms with van der Waals surface area (Å²) in [6.07, 6.45) is 0. The minimum absolute atomic E-state index is 0.0605. The minimum Gasteiger partial charge on any atom is -0.496 e. The van der Waals surface area contributed by atoms with E-state index in [1.54, 1.807) is 36.4 Å². The summed E-state index contributed by atoms with van der Waals surface area (Å²) in [4.78, 5) is 14.1. The fourth-order valence-corrected chi connectivity index (χ4v) is 2.53. The second kappa shape index (κ2) is 6.38. The number of hydrogen-bond acceptors (Lipinski definition) is 4. The summed E-state index contributed by atoms with van der Waals surface area (Å²) in [6.45, 7) is 0. The average molecular weight is 306 g/mol. The van der Waals surface area contributed by atoms with Crippen LogP contribution in [0.3, 0.4) is 0 Å². The van der Waals surface area contributed by atoms with Gasteiger partial charge in [0.2, 0.25) is 0 Å². The third-order valence-corrected chi connectivity index (χ3v) is 3.97. The van der Waals surface area contributed by atoms with Crippen molar-refractivity contribution < 1.29 is 17.9 Å². The maximum atomic E-state index is 12.0. The van der Waals surface area contributed by atoms with Crippen molar-refractivity contribution in [3.8, 4) is 5.75 Å². The van der Waals surface area contributed by atoms with Gasteiger partial charge in [0.25, 0.3) is 15.9 Å². The van der Waals surface area contributed by atoms with Gasteiger partial charge in [0.05, 0.1) is 17.6 Å². The number of rotatable bonds is 5. The van der Waals surface area contributed by atoms with Gasteiger partial charge < -0.3 is 4.74 Å². The lowest BCUT2D eigenvalue weighted by Gasteiger charge is -2.10. The first-order valence-corrected chi connectivity index (χ1v) is 7.53. The highest BCUT2D eigenvalue weighted by atomic mass is 32.2. The van der Waals surface area contributed by atoms with Crippen LogP contribution in [0.5, 0.6) is 5.75 Å². The molecule has 0 heterocycles. The molecular weight excluding hydrogens is 292 g/mol. The van der Waals surface area contributed by atoms with E-state index in [1.165, 1.54) is 25.3 Å². The van der Waals surface area contributed by atoms with Crippen LogP contribution in [0, 0.1) is 0 Å². The zero-order chi connectivity index (χ0) is 15.3. The number of methoxy groups -OCH3 is 1. The highest BCUT2D eigenvalue weighted by Crippen LogP contribution is 2.16. The highest BCUT2D eigenvalue weighted by Gasteiger charge is 2.16. The number of nitrogens with one attached hydrogen (secondary N) is 2. The van der Waals surface area contributed by atoms with E-state index in [9.17, 15) is 13.2 Å². The van der Waals surface area contributed by atoms with Gasteiger partial charge in [-0.05, 0) is 24.3 Å². The van der Waals surface area contributed by atoms with Crippen molar-refractivity contribution in [3.63, 3.8) is 0 Å². The molecule has 110 valence electrons. The van der Waals surface area contributed by atoms with E-state index < -0.39 is 15.9 Å². The van der Waals surface area contributed by atoms with Crippen LogP contribution in [-0.4, -0.2) is 21.4 Å². The summed E-state index contributed by atoms with van der Waals surface area (Å²) in [5.74, 6) is -0.249. The fourth-order valence-electron chi connectivity index (χ4n) is 1.67. The first kappa shape index (κ1) is 15.0. The summed E-state index contributed by atoms with van der Waals surface area (Å²) < 4.78 is 29.0. The smallest absolute Gasteiger partial charge is 0.270 e. The van der Waals surface area contributed by atoms with Crippen molar-refractivity contribution in [2.45, 2.75) is 4.90 Å². The highest BCUT2D eigenvalue weighted by molar-refractivity contribution is 7.89. The normalized spacial score (nSPS) is 10.9. The van der Waals surface area contributed by atoms with E-state index in [4.69, 9.17) is 4.74 Å². The zero-order valence-corrected chi connectivity index (χ0v) is 12.1. The average Bonchev–Trinajstić information content (AvgIpc) is 2.53. The Hall–Kier alpha value is -2.38. The Morgan fingerprint density at radius 3 is 2.29 bits per heavy atom. The lowest BCUT2D eigenvalue weighted by molar-refractivity contribution is 0.0942. The number of para-hydroxylation sites is 1. The standard InChI is InChI=1S/C14H14N2O4S/c1-20-13-10-6-5-9-12(13)14(17)15-16-21(18,19)11-7-3-2-4-8-11/h2-10,16H,1H3,(H,15,17). The van der Waals surface area contributed by atoms with E-state index in [1.807, 2.05) is 4.83 Å². The quantitative estimate of drug-likeness (QED) is 0.816. The van der Waals surface area contributed by atoms with Gasteiger partial charge in [-0.15, -0.1) is 4.83 Å². The van der Waals surface area contributed by atoms with E-state index in [0.717, 1.165) is 0 Å². The predicted octanol–water partition coefficient (Wildman–Crippen LogP) is 1.32. The third kappa shape index (κ3) is 3.59. The summed E-state index contributed by atoms with van der Waals surface area (Å²) >= 11 is 0. The van der Waals surface area contributed by atoms with Crippen LogP contribution >= 0.6 is 0 Å². The Bertz CT molecular complexity index is 730. The van der Waals surface area contributed by atoms with Gasteiger partial charge in [-0.3, -0.25) is 10.2 Å². The lowest BCUT2D eigenvalue weighted by Crippen LogP contribution is -2.41. The third-order valence-electron chi connectivity index (χ3n) is 2.70. The monoisotopic (exact) mass is 306 g/mol. The van der Waals surface area contributed by atoms with Crippen molar-refractivity contribution in [3.05, 3.63) is 60.2 Å². The van der Waals surface area contributed by atoms with Gasteiger partial charge in [0.1, 0.15) is 5.75 Å². The Labute approximate surface area is 122 Å². The van der Waals surface area contributed by atoms with E-state index in [-0.39, 0.29) is 10.5 Å². The number of hydrogen-bond donors (Lipinski definition) is 2. The molecule has 1 amide bonds. The fraction of sp³-hybridized carbons (Fsp3) is 0.0714. The first-order chi connectivity index (χ1) is 10.0. The molecule has 0 bridgehead atoms. The van der Waals surface area contributed by atoms with E-state index in [2.05, 4.69) is 5.43 Å². The second-order valence-electron chi connectivity index (χ2n) is 4.07. The molecule has 0 saturated carbocycles. The number of sulfonamides is 1. The van der Waals surface area contributed by atoms with Crippen LogP contribution in [0.25, 0.3) is 0 Å². The Morgan fingerprint density at radius 2 is 1.62 bits per heavy atom. The van der Waals surface area contributed by atoms with Crippen molar-refractivity contribution in [1.29, 1.82) is 0 Å². The Balaban J connectivity index is 2.11. The van der Waals surface area contributed by atoms with E-state index in [0.29, 0.717) is 5.75 Å². The van der Waals surface area contributed by atoms with Gasteiger partial charge in [-0.25, -0.2) is 8.42 Å². The molecule has 0 atom stereocenters. The number of carbonyl (C=O) groups is 1. The molecule has 0 aliphatic rings. The van der Waals surface area contributed by atoms with Crippen LogP contribution in [0.2, 0.25) is 0 Å². The molecule has 0 fully saturated rings. The van der Waals surface area contributed by atoms with Gasteiger partial charge >= 0.3 is 0 Å². The molecule has 2 aromatic rings. The minimum atomic E-state index is -3.81. The number of hydrazine groups is 1. The molecule has 2 N–H and O–H groups in total. The van der Waals surface area contributed by atoms with Crippen LogP contribution in [0.1, 0.15) is 10.4 Å². The predicted molar refractivity (Wildman–Crippen MR) is 77.2 cm³/mol. The maximum Gasteiger partial charge on any atom is 0.270 e. The molecule has 2 rings (SSSR count). The van der Waals surface area contributed by atoms with E-state index >= 15 is 0 Å². The first-order valence-electron chi connectivity index (χ1n) is 6.05. The van der Waals surface area contributed by atoms with Crippen molar-refractivity contribution in [1.82, 2.24) is 10.3 Å². The van der Waals surface area contributed by atoms with Crippen molar-refractivity contribution >= 4 is 15.9 Å². The largest absolute Gasteiger partial charge is 0.496 e. The number of benzene rings is 2. The second-order valence-corrected chi connectivity index (χ2v) is 5.76. The Kier molecular flexibility index (Phi) is 4.56. The maximum absolute atomic E-state index is 12.0. The summed E-state index contributed by atoms with van der Waals surface area (Å²) in [7, 11) is -2.37. The molecule has 7 heteroatoms. The molecule has 0 spiro atoms. The summed E-state index contributed by atoms with van der Waals surface area (Å²) in [5, 5.41) is 0. The molecule has 0 aliphatic heterocycles. The molecule has 0 unspecified atom stereocenters. The number of carbonyl (C=O) groups excluding carboxylic acids is 1. The summed E-state index contributed by atoms with van der Waals surface area (Å²) in [6, 6.07) is 14.3. The number of ether oxygens (including phenoxy) is 1. The molecule has 2 aromatic carbocycles. The SMILES string of the molecule is COc1ccccc1C(=O)NNS(=O)(=O)c1ccccc1. The molecule has 0 saturated heterocycles.